The van der Waals surface area contributed by atoms with Gasteiger partial charge >= 0.3 is 0 Å². The predicted molar refractivity (Wildman–Crippen MR) is 83.4 cm³/mol. The number of hydrogen-bond acceptors (Lipinski definition) is 4. The topological polar surface area (TPSA) is 75.5 Å². The van der Waals surface area contributed by atoms with E-state index in [1.54, 1.807) is 11.0 Å². The first-order valence-corrected chi connectivity index (χ1v) is 7.78. The summed E-state index contributed by atoms with van der Waals surface area (Å²) < 4.78 is 0.580. The number of non-ortho nitro benzene ring substituents is 1. The van der Waals surface area contributed by atoms with E-state index in [0.717, 1.165) is 19.4 Å². The summed E-state index contributed by atoms with van der Waals surface area (Å²) in [5, 5.41) is 14.2. The summed E-state index contributed by atoms with van der Waals surface area (Å²) in [4.78, 5) is 24.7. The van der Waals surface area contributed by atoms with Crippen molar-refractivity contribution in [3.05, 3.63) is 38.3 Å². The largest absolute Gasteiger partial charge is 0.337 e. The molecular weight excluding hydrogens is 338 g/mol. The number of rotatable bonds is 5. The SMILES string of the molecule is CCN(CC1CCCN1)C(=O)c1cc([N+](=O)[O-])ccc1Br. The lowest BCUT2D eigenvalue weighted by Gasteiger charge is -2.25. The highest BCUT2D eigenvalue weighted by atomic mass is 79.9. The summed E-state index contributed by atoms with van der Waals surface area (Å²) in [6.07, 6.45) is 2.18. The van der Waals surface area contributed by atoms with Crippen molar-refractivity contribution < 1.29 is 9.72 Å². The van der Waals surface area contributed by atoms with Gasteiger partial charge in [0.15, 0.2) is 0 Å². The third kappa shape index (κ3) is 3.79. The van der Waals surface area contributed by atoms with Crippen molar-refractivity contribution in [1.82, 2.24) is 10.2 Å². The van der Waals surface area contributed by atoms with E-state index >= 15 is 0 Å². The van der Waals surface area contributed by atoms with Crippen LogP contribution >= 0.6 is 15.9 Å². The van der Waals surface area contributed by atoms with Crippen molar-refractivity contribution >= 4 is 27.5 Å². The van der Waals surface area contributed by atoms with Crippen molar-refractivity contribution in [2.45, 2.75) is 25.8 Å². The van der Waals surface area contributed by atoms with E-state index in [1.165, 1.54) is 12.1 Å². The summed E-state index contributed by atoms with van der Waals surface area (Å²) >= 11 is 3.30. The van der Waals surface area contributed by atoms with Gasteiger partial charge in [0.05, 0.1) is 10.5 Å². The van der Waals surface area contributed by atoms with Gasteiger partial charge in [-0.05, 0) is 48.3 Å². The second kappa shape index (κ2) is 7.00. The quantitative estimate of drug-likeness (QED) is 0.650. The number of nitrogens with one attached hydrogen (secondary N) is 1. The number of amides is 1. The molecule has 1 amide bonds. The molecule has 1 N–H and O–H groups in total. The Bertz CT molecular complexity index is 544. The number of nitrogens with zero attached hydrogens (tertiary/aromatic N) is 2. The number of benzene rings is 1. The van der Waals surface area contributed by atoms with Crippen molar-refractivity contribution in [3.63, 3.8) is 0 Å². The molecule has 1 fully saturated rings. The number of likely N-dealkylation sites (N-methyl/N-ethyl adjacent to an activating group) is 1. The summed E-state index contributed by atoms with van der Waals surface area (Å²) in [5.74, 6) is -0.179. The molecule has 1 aliphatic rings. The minimum absolute atomic E-state index is 0.0726. The molecule has 0 aliphatic carbocycles. The highest BCUT2D eigenvalue weighted by Gasteiger charge is 2.24. The van der Waals surface area contributed by atoms with E-state index in [4.69, 9.17) is 0 Å². The number of nitro groups is 1. The van der Waals surface area contributed by atoms with Gasteiger partial charge in [-0.25, -0.2) is 0 Å². The van der Waals surface area contributed by atoms with Gasteiger partial charge in [0.25, 0.3) is 11.6 Å². The van der Waals surface area contributed by atoms with E-state index in [-0.39, 0.29) is 11.6 Å². The minimum Gasteiger partial charge on any atom is -0.337 e. The van der Waals surface area contributed by atoms with Crippen LogP contribution in [0.1, 0.15) is 30.1 Å². The van der Waals surface area contributed by atoms with E-state index in [9.17, 15) is 14.9 Å². The van der Waals surface area contributed by atoms with Crippen LogP contribution < -0.4 is 5.32 Å². The average Bonchev–Trinajstić information content (AvgIpc) is 2.97. The van der Waals surface area contributed by atoms with Crippen LogP contribution in [0.25, 0.3) is 0 Å². The fourth-order valence-electron chi connectivity index (χ4n) is 2.50. The third-order valence-corrected chi connectivity index (χ3v) is 4.35. The molecule has 0 bridgehead atoms. The molecule has 21 heavy (non-hydrogen) atoms. The molecule has 7 heteroatoms. The van der Waals surface area contributed by atoms with E-state index in [1.807, 2.05) is 6.92 Å². The number of hydrogen-bond donors (Lipinski definition) is 1. The normalized spacial score (nSPS) is 17.7. The standard InChI is InChI=1S/C14H18BrN3O3/c1-2-17(9-10-4-3-7-16-10)14(19)12-8-11(18(20)21)5-6-13(12)15/h5-6,8,10,16H,2-4,7,9H2,1H3. The van der Waals surface area contributed by atoms with Gasteiger partial charge in [0.1, 0.15) is 0 Å². The van der Waals surface area contributed by atoms with Crippen LogP contribution in [0.4, 0.5) is 5.69 Å². The average molecular weight is 356 g/mol. The fourth-order valence-corrected chi connectivity index (χ4v) is 2.91. The Morgan fingerprint density at radius 2 is 2.33 bits per heavy atom. The molecule has 0 aromatic heterocycles. The van der Waals surface area contributed by atoms with E-state index in [2.05, 4.69) is 21.2 Å². The minimum atomic E-state index is -0.488. The van der Waals surface area contributed by atoms with Gasteiger partial charge in [0, 0.05) is 35.7 Å². The molecule has 0 spiro atoms. The van der Waals surface area contributed by atoms with Crippen molar-refractivity contribution in [2.75, 3.05) is 19.6 Å². The number of carbonyl (C=O) groups excluding carboxylic acids is 1. The van der Waals surface area contributed by atoms with Gasteiger partial charge in [-0.2, -0.15) is 0 Å². The van der Waals surface area contributed by atoms with Crippen LogP contribution in [0.15, 0.2) is 22.7 Å². The first kappa shape index (κ1) is 15.9. The molecule has 6 nitrogen and oxygen atoms in total. The summed E-state index contributed by atoms with van der Waals surface area (Å²) in [7, 11) is 0. The molecule has 1 aliphatic heterocycles. The smallest absolute Gasteiger partial charge is 0.270 e. The third-order valence-electron chi connectivity index (χ3n) is 3.66. The monoisotopic (exact) mass is 355 g/mol. The fraction of sp³-hybridized carbons (Fsp3) is 0.500. The highest BCUT2D eigenvalue weighted by Crippen LogP contribution is 2.24. The Morgan fingerprint density at radius 3 is 2.90 bits per heavy atom. The van der Waals surface area contributed by atoms with Crippen molar-refractivity contribution in [2.24, 2.45) is 0 Å². The molecule has 1 atom stereocenters. The van der Waals surface area contributed by atoms with Crippen LogP contribution in [0.5, 0.6) is 0 Å². The number of halogens is 1. The van der Waals surface area contributed by atoms with Crippen LogP contribution in [0, 0.1) is 10.1 Å². The Kier molecular flexibility index (Phi) is 5.30. The zero-order chi connectivity index (χ0) is 15.4. The maximum Gasteiger partial charge on any atom is 0.270 e. The first-order chi connectivity index (χ1) is 10.0. The number of nitro benzene ring substituents is 1. The van der Waals surface area contributed by atoms with Gasteiger partial charge < -0.3 is 10.2 Å². The van der Waals surface area contributed by atoms with Crippen molar-refractivity contribution in [3.8, 4) is 0 Å². The maximum absolute atomic E-state index is 12.6. The van der Waals surface area contributed by atoms with Gasteiger partial charge in [-0.15, -0.1) is 0 Å². The lowest BCUT2D eigenvalue weighted by atomic mass is 10.1. The zero-order valence-corrected chi connectivity index (χ0v) is 13.4. The Morgan fingerprint density at radius 1 is 1.57 bits per heavy atom. The summed E-state index contributed by atoms with van der Waals surface area (Å²) in [6.45, 7) is 4.10. The molecule has 1 unspecified atom stereocenters. The summed E-state index contributed by atoms with van der Waals surface area (Å²) in [5.41, 5.74) is 0.264. The highest BCUT2D eigenvalue weighted by molar-refractivity contribution is 9.10. The zero-order valence-electron chi connectivity index (χ0n) is 11.8. The molecule has 1 aromatic carbocycles. The molecule has 0 radical (unpaired) electrons. The van der Waals surface area contributed by atoms with Crippen LogP contribution in [0.2, 0.25) is 0 Å². The molecule has 1 saturated heterocycles. The second-order valence-electron chi connectivity index (χ2n) is 5.06. The van der Waals surface area contributed by atoms with Gasteiger partial charge in [0.2, 0.25) is 0 Å². The molecule has 114 valence electrons. The predicted octanol–water partition coefficient (Wildman–Crippen LogP) is 2.57. The van der Waals surface area contributed by atoms with Gasteiger partial charge in [-0.1, -0.05) is 0 Å². The molecular formula is C14H18BrN3O3. The number of carbonyl (C=O) groups is 1. The van der Waals surface area contributed by atoms with Crippen LogP contribution in [-0.2, 0) is 0 Å². The molecule has 2 rings (SSSR count). The van der Waals surface area contributed by atoms with E-state index in [0.29, 0.717) is 29.2 Å². The lowest BCUT2D eigenvalue weighted by molar-refractivity contribution is -0.384. The van der Waals surface area contributed by atoms with Crippen LogP contribution in [0.3, 0.4) is 0 Å². The Labute approximate surface area is 131 Å². The molecule has 0 saturated carbocycles. The Balaban J connectivity index is 2.19. The first-order valence-electron chi connectivity index (χ1n) is 6.99. The second-order valence-corrected chi connectivity index (χ2v) is 5.91. The summed E-state index contributed by atoms with van der Waals surface area (Å²) in [6, 6.07) is 4.58. The molecule has 1 heterocycles. The Hall–Kier alpha value is -1.47. The van der Waals surface area contributed by atoms with E-state index < -0.39 is 4.92 Å². The molecule has 1 aromatic rings. The van der Waals surface area contributed by atoms with Crippen LogP contribution in [-0.4, -0.2) is 41.4 Å². The van der Waals surface area contributed by atoms with Gasteiger partial charge in [-0.3, -0.25) is 14.9 Å². The maximum atomic E-state index is 12.6. The van der Waals surface area contributed by atoms with Crippen molar-refractivity contribution in [1.29, 1.82) is 0 Å². The lowest BCUT2D eigenvalue weighted by Crippen LogP contribution is -2.41.